The Kier molecular flexibility index (Phi) is 5.77. The van der Waals surface area contributed by atoms with E-state index in [-0.39, 0.29) is 11.8 Å². The smallest absolute Gasteiger partial charge is 0.324 e. The number of hydrogen-bond donors (Lipinski definition) is 2. The standard InChI is InChI=1S/C20H27N5O2S/c1-2-24-11-3-4-16(24)13-25(12-14-5-9-17(26)10-6-14)20(27)21-19-23-22-18(28-19)15-7-8-15/h5-6,9-10,15-16,26H,2-4,7-8,11-13H2,1H3,(H,21,23,27). The van der Waals surface area contributed by atoms with Gasteiger partial charge < -0.3 is 10.0 Å². The first-order chi connectivity index (χ1) is 13.6. The van der Waals surface area contributed by atoms with E-state index in [0.717, 1.165) is 30.1 Å². The summed E-state index contributed by atoms with van der Waals surface area (Å²) in [4.78, 5) is 17.3. The first-order valence-electron chi connectivity index (χ1n) is 10.0. The van der Waals surface area contributed by atoms with Gasteiger partial charge in [0.05, 0.1) is 0 Å². The zero-order chi connectivity index (χ0) is 19.5. The predicted molar refractivity (Wildman–Crippen MR) is 110 cm³/mol. The molecule has 2 N–H and O–H groups in total. The molecule has 8 heteroatoms. The molecule has 1 saturated carbocycles. The Morgan fingerprint density at radius 3 is 2.79 bits per heavy atom. The summed E-state index contributed by atoms with van der Waals surface area (Å²) in [7, 11) is 0. The van der Waals surface area contributed by atoms with Gasteiger partial charge in [-0.1, -0.05) is 30.4 Å². The van der Waals surface area contributed by atoms with Gasteiger partial charge in [0.1, 0.15) is 10.8 Å². The average molecular weight is 402 g/mol. The number of benzene rings is 1. The van der Waals surface area contributed by atoms with E-state index >= 15 is 0 Å². The van der Waals surface area contributed by atoms with E-state index in [2.05, 4.69) is 27.3 Å². The highest BCUT2D eigenvalue weighted by Crippen LogP contribution is 2.42. The quantitative estimate of drug-likeness (QED) is 0.740. The highest BCUT2D eigenvalue weighted by atomic mass is 32.1. The fourth-order valence-corrected chi connectivity index (χ4v) is 4.67. The number of aromatic hydroxyl groups is 1. The van der Waals surface area contributed by atoms with Gasteiger partial charge in [-0.2, -0.15) is 0 Å². The molecule has 1 saturated heterocycles. The van der Waals surface area contributed by atoms with Crippen LogP contribution in [0.5, 0.6) is 5.75 Å². The first kappa shape index (κ1) is 19.1. The maximum Gasteiger partial charge on any atom is 0.324 e. The van der Waals surface area contributed by atoms with Crippen molar-refractivity contribution in [2.24, 2.45) is 0 Å². The number of phenolic OH excluding ortho intramolecular Hbond substituents is 1. The minimum absolute atomic E-state index is 0.144. The summed E-state index contributed by atoms with van der Waals surface area (Å²) in [6, 6.07) is 7.27. The Labute approximate surface area is 169 Å². The minimum atomic E-state index is -0.144. The Morgan fingerprint density at radius 1 is 1.29 bits per heavy atom. The molecule has 2 aromatic rings. The summed E-state index contributed by atoms with van der Waals surface area (Å²) in [6.07, 6.45) is 4.63. The van der Waals surface area contributed by atoms with Gasteiger partial charge in [-0.05, 0) is 56.5 Å². The Bertz CT molecular complexity index is 805. The molecule has 1 unspecified atom stereocenters. The van der Waals surface area contributed by atoms with Crippen LogP contribution in [-0.2, 0) is 6.54 Å². The predicted octanol–water partition coefficient (Wildman–Crippen LogP) is 3.64. The maximum absolute atomic E-state index is 13.0. The van der Waals surface area contributed by atoms with Crippen molar-refractivity contribution < 1.29 is 9.90 Å². The average Bonchev–Trinajstić information content (AvgIpc) is 3.27. The molecule has 4 rings (SSSR count). The lowest BCUT2D eigenvalue weighted by Crippen LogP contribution is -2.44. The molecule has 0 bridgehead atoms. The van der Waals surface area contributed by atoms with Gasteiger partial charge in [0.25, 0.3) is 0 Å². The van der Waals surface area contributed by atoms with Crippen LogP contribution < -0.4 is 5.32 Å². The van der Waals surface area contributed by atoms with E-state index in [1.54, 1.807) is 12.1 Å². The summed E-state index contributed by atoms with van der Waals surface area (Å²) in [5, 5.41) is 22.4. The number of aromatic nitrogens is 2. The highest BCUT2D eigenvalue weighted by Gasteiger charge is 2.29. The lowest BCUT2D eigenvalue weighted by Gasteiger charge is -2.30. The first-order valence-corrected chi connectivity index (χ1v) is 10.9. The molecule has 1 aromatic carbocycles. The number of likely N-dealkylation sites (N-methyl/N-ethyl adjacent to an activating group) is 1. The molecule has 1 aromatic heterocycles. The summed E-state index contributed by atoms with van der Waals surface area (Å²) >= 11 is 1.48. The Hall–Kier alpha value is -2.19. The van der Waals surface area contributed by atoms with Gasteiger partial charge in [-0.15, -0.1) is 10.2 Å². The number of phenols is 1. The third kappa shape index (κ3) is 4.62. The molecule has 0 radical (unpaired) electrons. The van der Waals surface area contributed by atoms with Gasteiger partial charge in [-0.25, -0.2) is 4.79 Å². The molecule has 150 valence electrons. The van der Waals surface area contributed by atoms with Crippen LogP contribution in [0.25, 0.3) is 0 Å². The molecule has 1 aliphatic carbocycles. The van der Waals surface area contributed by atoms with E-state index in [0.29, 0.717) is 30.2 Å². The number of carbonyl (C=O) groups excluding carboxylic acids is 1. The summed E-state index contributed by atoms with van der Waals surface area (Å²) in [5.74, 6) is 0.766. The third-order valence-electron chi connectivity index (χ3n) is 5.51. The van der Waals surface area contributed by atoms with Crippen LogP contribution >= 0.6 is 11.3 Å². The number of nitrogens with zero attached hydrogens (tertiary/aromatic N) is 4. The van der Waals surface area contributed by atoms with Crippen molar-refractivity contribution in [3.8, 4) is 5.75 Å². The zero-order valence-corrected chi connectivity index (χ0v) is 17.0. The van der Waals surface area contributed by atoms with Crippen LogP contribution in [0.2, 0.25) is 0 Å². The highest BCUT2D eigenvalue weighted by molar-refractivity contribution is 7.15. The second-order valence-corrected chi connectivity index (χ2v) is 8.63. The van der Waals surface area contributed by atoms with Crippen molar-refractivity contribution in [1.29, 1.82) is 0 Å². The van der Waals surface area contributed by atoms with Crippen molar-refractivity contribution in [2.75, 3.05) is 25.0 Å². The van der Waals surface area contributed by atoms with Crippen LogP contribution in [-0.4, -0.2) is 56.8 Å². The monoisotopic (exact) mass is 401 g/mol. The van der Waals surface area contributed by atoms with Crippen LogP contribution in [0.15, 0.2) is 24.3 Å². The molecular weight excluding hydrogens is 374 g/mol. The number of anilines is 1. The van der Waals surface area contributed by atoms with E-state index in [1.807, 2.05) is 17.0 Å². The molecule has 7 nitrogen and oxygen atoms in total. The van der Waals surface area contributed by atoms with E-state index < -0.39 is 0 Å². The molecule has 2 amide bonds. The lowest BCUT2D eigenvalue weighted by molar-refractivity contribution is 0.175. The number of nitrogens with one attached hydrogen (secondary N) is 1. The third-order valence-corrected chi connectivity index (χ3v) is 6.52. The van der Waals surface area contributed by atoms with Crippen LogP contribution in [0.4, 0.5) is 9.93 Å². The zero-order valence-electron chi connectivity index (χ0n) is 16.2. The molecular formula is C20H27N5O2S. The van der Waals surface area contributed by atoms with Gasteiger partial charge in [-0.3, -0.25) is 10.2 Å². The van der Waals surface area contributed by atoms with Crippen molar-refractivity contribution in [3.63, 3.8) is 0 Å². The normalized spacial score (nSPS) is 19.7. The number of amides is 2. The van der Waals surface area contributed by atoms with Crippen LogP contribution in [0, 0.1) is 0 Å². The van der Waals surface area contributed by atoms with Crippen molar-refractivity contribution in [2.45, 2.75) is 51.1 Å². The van der Waals surface area contributed by atoms with E-state index in [9.17, 15) is 9.90 Å². The lowest BCUT2D eigenvalue weighted by atomic mass is 10.1. The summed E-state index contributed by atoms with van der Waals surface area (Å²) < 4.78 is 0. The Balaban J connectivity index is 1.46. The fourth-order valence-electron chi connectivity index (χ4n) is 3.76. The molecule has 1 aliphatic heterocycles. The van der Waals surface area contributed by atoms with Crippen molar-refractivity contribution >= 4 is 22.5 Å². The van der Waals surface area contributed by atoms with Crippen molar-refractivity contribution in [3.05, 3.63) is 34.8 Å². The molecule has 2 fully saturated rings. The van der Waals surface area contributed by atoms with Crippen LogP contribution in [0.3, 0.4) is 0 Å². The second kappa shape index (κ2) is 8.45. The van der Waals surface area contributed by atoms with E-state index in [1.165, 1.54) is 30.6 Å². The second-order valence-electron chi connectivity index (χ2n) is 7.62. The van der Waals surface area contributed by atoms with Gasteiger partial charge >= 0.3 is 6.03 Å². The fraction of sp³-hybridized carbons (Fsp3) is 0.550. The van der Waals surface area contributed by atoms with Gasteiger partial charge in [0.2, 0.25) is 5.13 Å². The van der Waals surface area contributed by atoms with Crippen molar-refractivity contribution in [1.82, 2.24) is 20.0 Å². The number of urea groups is 1. The van der Waals surface area contributed by atoms with Gasteiger partial charge in [0, 0.05) is 25.0 Å². The number of hydrogen-bond acceptors (Lipinski definition) is 6. The molecule has 1 atom stereocenters. The summed E-state index contributed by atoms with van der Waals surface area (Å²) in [6.45, 7) is 5.43. The molecule has 2 heterocycles. The number of carbonyl (C=O) groups is 1. The number of rotatable bonds is 7. The maximum atomic E-state index is 13.0. The van der Waals surface area contributed by atoms with E-state index in [4.69, 9.17) is 0 Å². The molecule has 0 spiro atoms. The topological polar surface area (TPSA) is 81.6 Å². The molecule has 28 heavy (non-hydrogen) atoms. The minimum Gasteiger partial charge on any atom is -0.508 e. The van der Waals surface area contributed by atoms with Crippen LogP contribution in [0.1, 0.15) is 49.1 Å². The number of likely N-dealkylation sites (tertiary alicyclic amines) is 1. The summed E-state index contributed by atoms with van der Waals surface area (Å²) in [5.41, 5.74) is 0.991. The largest absolute Gasteiger partial charge is 0.508 e. The SMILES string of the molecule is CCN1CCCC1CN(Cc1ccc(O)cc1)C(=O)Nc1nnc(C2CC2)s1. The Morgan fingerprint density at radius 2 is 2.07 bits per heavy atom. The molecule has 2 aliphatic rings. The van der Waals surface area contributed by atoms with Gasteiger partial charge in [0.15, 0.2) is 0 Å².